The van der Waals surface area contributed by atoms with Gasteiger partial charge in [-0.3, -0.25) is 14.9 Å². The molecule has 2 aromatic carbocycles. The van der Waals surface area contributed by atoms with Crippen molar-refractivity contribution in [1.82, 2.24) is 4.90 Å². The van der Waals surface area contributed by atoms with E-state index in [9.17, 15) is 14.9 Å². The van der Waals surface area contributed by atoms with Crippen LogP contribution < -0.4 is 14.4 Å². The van der Waals surface area contributed by atoms with Gasteiger partial charge in [0.2, 0.25) is 5.91 Å². The van der Waals surface area contributed by atoms with Gasteiger partial charge in [-0.1, -0.05) is 12.1 Å². The van der Waals surface area contributed by atoms with Gasteiger partial charge < -0.3 is 19.3 Å². The number of nitro benzene ring substituents is 1. The van der Waals surface area contributed by atoms with Gasteiger partial charge in [-0.25, -0.2) is 0 Å². The fourth-order valence-corrected chi connectivity index (χ4v) is 4.94. The van der Waals surface area contributed by atoms with Crippen LogP contribution in [0.15, 0.2) is 42.5 Å². The van der Waals surface area contributed by atoms with Crippen molar-refractivity contribution in [2.75, 3.05) is 38.8 Å². The molecule has 4 rings (SSSR count). The van der Waals surface area contributed by atoms with E-state index in [1.165, 1.54) is 6.07 Å². The molecule has 2 fully saturated rings. The largest absolute Gasteiger partial charge is 0.497 e. The van der Waals surface area contributed by atoms with E-state index in [1.54, 1.807) is 26.4 Å². The summed E-state index contributed by atoms with van der Waals surface area (Å²) in [7, 11) is 3.26. The number of rotatable bonds is 6. The topological polar surface area (TPSA) is 85.2 Å². The summed E-state index contributed by atoms with van der Waals surface area (Å²) in [4.78, 5) is 28.5. The lowest BCUT2D eigenvalue weighted by atomic mass is 9.93. The Morgan fingerprint density at radius 2 is 1.78 bits per heavy atom. The first-order valence-electron chi connectivity index (χ1n) is 11.0. The second-order valence-corrected chi connectivity index (χ2v) is 8.30. The van der Waals surface area contributed by atoms with Gasteiger partial charge in [0.25, 0.3) is 5.69 Å². The number of hydrogen-bond donors (Lipinski definition) is 0. The summed E-state index contributed by atoms with van der Waals surface area (Å²) in [6.45, 7) is 2.00. The van der Waals surface area contributed by atoms with Crippen molar-refractivity contribution >= 4 is 17.3 Å². The van der Waals surface area contributed by atoms with Crippen LogP contribution in [-0.4, -0.2) is 49.6 Å². The molecule has 2 aromatic rings. The van der Waals surface area contributed by atoms with Gasteiger partial charge in [0.05, 0.1) is 25.2 Å². The van der Waals surface area contributed by atoms with E-state index in [-0.39, 0.29) is 28.5 Å². The molecule has 0 N–H and O–H groups in total. The summed E-state index contributed by atoms with van der Waals surface area (Å²) >= 11 is 0. The second-order valence-electron chi connectivity index (χ2n) is 8.30. The summed E-state index contributed by atoms with van der Waals surface area (Å²) in [6.07, 6.45) is 3.24. The van der Waals surface area contributed by atoms with E-state index in [4.69, 9.17) is 9.47 Å². The van der Waals surface area contributed by atoms with Gasteiger partial charge in [-0.15, -0.1) is 0 Å². The number of methoxy groups -OCH3 is 2. The van der Waals surface area contributed by atoms with Crippen LogP contribution in [0.4, 0.5) is 11.4 Å². The fourth-order valence-electron chi connectivity index (χ4n) is 4.94. The molecule has 8 heteroatoms. The van der Waals surface area contributed by atoms with E-state index >= 15 is 0 Å². The van der Waals surface area contributed by atoms with E-state index in [0.29, 0.717) is 31.6 Å². The molecular formula is C24H29N3O5. The van der Waals surface area contributed by atoms with Crippen LogP contribution in [0.5, 0.6) is 11.5 Å². The van der Waals surface area contributed by atoms with Crippen molar-refractivity contribution in [3.05, 3.63) is 58.1 Å². The third-order valence-corrected chi connectivity index (χ3v) is 6.60. The molecule has 2 heterocycles. The van der Waals surface area contributed by atoms with E-state index < -0.39 is 0 Å². The normalized spacial score (nSPS) is 19.1. The predicted molar refractivity (Wildman–Crippen MR) is 121 cm³/mol. The minimum absolute atomic E-state index is 0.00315. The monoisotopic (exact) mass is 439 g/mol. The summed E-state index contributed by atoms with van der Waals surface area (Å²) < 4.78 is 10.9. The van der Waals surface area contributed by atoms with Crippen LogP contribution in [-0.2, 0) is 4.79 Å². The smallest absolute Gasteiger partial charge is 0.292 e. The van der Waals surface area contributed by atoms with E-state index in [1.807, 2.05) is 34.1 Å². The number of para-hydroxylation sites is 2. The van der Waals surface area contributed by atoms with Gasteiger partial charge in [-0.2, -0.15) is 0 Å². The maximum atomic E-state index is 13.5. The first-order valence-corrected chi connectivity index (χ1v) is 11.0. The average molecular weight is 440 g/mol. The van der Waals surface area contributed by atoms with Gasteiger partial charge in [0, 0.05) is 43.2 Å². The van der Waals surface area contributed by atoms with E-state index in [2.05, 4.69) is 0 Å². The van der Waals surface area contributed by atoms with Gasteiger partial charge in [0.1, 0.15) is 17.2 Å². The molecule has 8 nitrogen and oxygen atoms in total. The second kappa shape index (κ2) is 9.46. The minimum atomic E-state index is -0.344. The highest BCUT2D eigenvalue weighted by molar-refractivity contribution is 5.80. The molecule has 1 amide bonds. The van der Waals surface area contributed by atoms with Crippen molar-refractivity contribution in [3.8, 4) is 11.5 Å². The van der Waals surface area contributed by atoms with Crippen molar-refractivity contribution < 1.29 is 19.2 Å². The van der Waals surface area contributed by atoms with Crippen LogP contribution in [0.2, 0.25) is 0 Å². The van der Waals surface area contributed by atoms with Crippen molar-refractivity contribution in [2.45, 2.75) is 31.7 Å². The molecule has 1 atom stereocenters. The van der Waals surface area contributed by atoms with Crippen LogP contribution in [0.3, 0.4) is 0 Å². The maximum absolute atomic E-state index is 13.5. The average Bonchev–Trinajstić information content (AvgIpc) is 3.33. The number of amides is 1. The third-order valence-electron chi connectivity index (χ3n) is 6.60. The zero-order valence-electron chi connectivity index (χ0n) is 18.5. The summed E-state index contributed by atoms with van der Waals surface area (Å²) in [5.41, 5.74) is 1.75. The molecule has 0 bridgehead atoms. The van der Waals surface area contributed by atoms with Gasteiger partial charge in [0.15, 0.2) is 0 Å². The molecule has 1 unspecified atom stereocenters. The molecule has 0 radical (unpaired) electrons. The number of likely N-dealkylation sites (tertiary alicyclic amines) is 1. The Kier molecular flexibility index (Phi) is 6.48. The quantitative estimate of drug-likeness (QED) is 0.496. The Labute approximate surface area is 187 Å². The molecule has 2 aliphatic heterocycles. The number of anilines is 1. The van der Waals surface area contributed by atoms with Gasteiger partial charge in [-0.05, 0) is 43.9 Å². The summed E-state index contributed by atoms with van der Waals surface area (Å²) in [5, 5.41) is 11.4. The fraction of sp³-hybridized carbons (Fsp3) is 0.458. The molecule has 2 saturated heterocycles. The summed E-state index contributed by atoms with van der Waals surface area (Å²) in [5.74, 6) is 1.57. The predicted octanol–water partition coefficient (Wildman–Crippen LogP) is 4.19. The molecule has 0 aliphatic carbocycles. The lowest BCUT2D eigenvalue weighted by Gasteiger charge is -2.36. The highest BCUT2D eigenvalue weighted by Crippen LogP contribution is 2.40. The number of nitrogens with zero attached hydrogens (tertiary/aromatic N) is 3. The molecule has 170 valence electrons. The van der Waals surface area contributed by atoms with Crippen LogP contribution in [0.1, 0.15) is 37.3 Å². The number of piperidine rings is 1. The number of carbonyl (C=O) groups is 1. The zero-order valence-corrected chi connectivity index (χ0v) is 18.5. The zero-order chi connectivity index (χ0) is 22.7. The molecular weight excluding hydrogens is 410 g/mol. The van der Waals surface area contributed by atoms with Crippen LogP contribution in [0, 0.1) is 16.0 Å². The highest BCUT2D eigenvalue weighted by atomic mass is 16.6. The van der Waals surface area contributed by atoms with Crippen molar-refractivity contribution in [3.63, 3.8) is 0 Å². The van der Waals surface area contributed by atoms with Crippen molar-refractivity contribution in [1.29, 1.82) is 0 Å². The third kappa shape index (κ3) is 4.22. The van der Waals surface area contributed by atoms with E-state index in [0.717, 1.165) is 36.4 Å². The van der Waals surface area contributed by atoms with Crippen LogP contribution >= 0.6 is 0 Å². The number of nitro groups is 1. The number of benzene rings is 2. The minimum Gasteiger partial charge on any atom is -0.497 e. The number of ether oxygens (including phenoxy) is 2. The number of hydrogen-bond acceptors (Lipinski definition) is 6. The first-order chi connectivity index (χ1) is 15.5. The van der Waals surface area contributed by atoms with Crippen LogP contribution in [0.25, 0.3) is 0 Å². The summed E-state index contributed by atoms with van der Waals surface area (Å²) in [6, 6.07) is 12.6. The molecule has 2 aliphatic rings. The van der Waals surface area contributed by atoms with Gasteiger partial charge >= 0.3 is 0 Å². The Bertz CT molecular complexity index is 987. The lowest BCUT2D eigenvalue weighted by Crippen LogP contribution is -2.42. The number of carbonyl (C=O) groups excluding carboxylic acids is 1. The Hall–Kier alpha value is -3.29. The first kappa shape index (κ1) is 21.9. The lowest BCUT2D eigenvalue weighted by molar-refractivity contribution is -0.384. The Balaban J connectivity index is 1.46. The Morgan fingerprint density at radius 3 is 2.47 bits per heavy atom. The SMILES string of the molecule is COc1ccc(C2CCCN2C(=O)C2CCN(c3ccccc3[N+](=O)[O-])CC2)c(OC)c1. The maximum Gasteiger partial charge on any atom is 0.292 e. The molecule has 0 aromatic heterocycles. The standard InChI is InChI=1S/C24H29N3O5/c1-31-18-9-10-19(23(16-18)32-2)20-8-5-13-26(20)24(28)17-11-14-25(15-12-17)21-6-3-4-7-22(21)27(29)30/h3-4,6-7,9-10,16-17,20H,5,8,11-15H2,1-2H3. The molecule has 0 spiro atoms. The van der Waals surface area contributed by atoms with Crippen molar-refractivity contribution in [2.24, 2.45) is 5.92 Å². The molecule has 32 heavy (non-hydrogen) atoms. The Morgan fingerprint density at radius 1 is 1.03 bits per heavy atom. The highest BCUT2D eigenvalue weighted by Gasteiger charge is 2.37. The molecule has 0 saturated carbocycles.